The minimum absolute atomic E-state index is 0.0865. The summed E-state index contributed by atoms with van der Waals surface area (Å²) in [7, 11) is 2.78. The van der Waals surface area contributed by atoms with E-state index in [0.717, 1.165) is 5.56 Å². The first-order valence-corrected chi connectivity index (χ1v) is 7.98. The number of fused-ring (bicyclic) bond motifs is 1. The molecule has 0 bridgehead atoms. The number of nitrogens with zero attached hydrogens (tertiary/aromatic N) is 1. The van der Waals surface area contributed by atoms with Crippen LogP contribution < -0.4 is 19.5 Å². The summed E-state index contributed by atoms with van der Waals surface area (Å²) in [6.07, 6.45) is 0.573. The van der Waals surface area contributed by atoms with Gasteiger partial charge < -0.3 is 19.5 Å². The number of benzene rings is 2. The van der Waals surface area contributed by atoms with Crippen molar-refractivity contribution in [3.05, 3.63) is 57.6 Å². The lowest BCUT2D eigenvalue weighted by molar-refractivity contribution is -0.385. The Morgan fingerprint density at radius 2 is 1.92 bits per heavy atom. The molecule has 0 unspecified atom stereocenters. The van der Waals surface area contributed by atoms with E-state index in [1.165, 1.54) is 26.4 Å². The van der Waals surface area contributed by atoms with Crippen molar-refractivity contribution in [3.8, 4) is 17.2 Å². The van der Waals surface area contributed by atoms with E-state index in [1.807, 2.05) is 24.3 Å². The lowest BCUT2D eigenvalue weighted by Gasteiger charge is -2.26. The predicted octanol–water partition coefficient (Wildman–Crippen LogP) is 2.87. The number of nitro groups is 1. The second-order valence-corrected chi connectivity index (χ2v) is 5.68. The number of hydrogen-bond donors (Lipinski definition) is 1. The fraction of sp³-hybridized carbons (Fsp3) is 0.278. The Morgan fingerprint density at radius 3 is 2.62 bits per heavy atom. The van der Waals surface area contributed by atoms with Gasteiger partial charge in [-0.25, -0.2) is 0 Å². The molecule has 1 aliphatic rings. The molecule has 1 atom stereocenters. The van der Waals surface area contributed by atoms with Gasteiger partial charge >= 0.3 is 0 Å². The molecule has 0 aliphatic carbocycles. The maximum Gasteiger partial charge on any atom is 0.286 e. The topological polar surface area (TPSA) is 99.9 Å². The average Bonchev–Trinajstić information content (AvgIpc) is 2.67. The van der Waals surface area contributed by atoms with Crippen LogP contribution in [0.1, 0.15) is 28.4 Å². The summed E-state index contributed by atoms with van der Waals surface area (Å²) in [5.74, 6) is 0.577. The van der Waals surface area contributed by atoms with Gasteiger partial charge in [0, 0.05) is 18.1 Å². The van der Waals surface area contributed by atoms with E-state index >= 15 is 0 Å². The summed E-state index contributed by atoms with van der Waals surface area (Å²) in [5, 5.41) is 14.2. The van der Waals surface area contributed by atoms with Crippen LogP contribution in [0.5, 0.6) is 17.2 Å². The highest BCUT2D eigenvalue weighted by molar-refractivity contribution is 5.99. The van der Waals surface area contributed by atoms with Crippen molar-refractivity contribution in [2.75, 3.05) is 20.8 Å². The molecule has 8 heteroatoms. The Balaban J connectivity index is 1.94. The van der Waals surface area contributed by atoms with Gasteiger partial charge in [-0.15, -0.1) is 0 Å². The zero-order chi connectivity index (χ0) is 18.7. The summed E-state index contributed by atoms with van der Waals surface area (Å²) < 4.78 is 15.8. The molecule has 0 radical (unpaired) electrons. The Labute approximate surface area is 149 Å². The Bertz CT molecular complexity index is 852. The molecule has 1 amide bonds. The van der Waals surface area contributed by atoms with E-state index in [1.54, 1.807) is 0 Å². The number of hydrogen-bond acceptors (Lipinski definition) is 6. The number of rotatable bonds is 5. The van der Waals surface area contributed by atoms with Gasteiger partial charge in [0.25, 0.3) is 11.6 Å². The van der Waals surface area contributed by atoms with Crippen molar-refractivity contribution in [1.82, 2.24) is 5.32 Å². The fourth-order valence-electron chi connectivity index (χ4n) is 2.93. The predicted molar refractivity (Wildman–Crippen MR) is 93.0 cm³/mol. The molecule has 0 saturated heterocycles. The van der Waals surface area contributed by atoms with Gasteiger partial charge in [0.15, 0.2) is 11.5 Å². The van der Waals surface area contributed by atoms with Gasteiger partial charge in [-0.05, 0) is 6.07 Å². The van der Waals surface area contributed by atoms with Gasteiger partial charge in [0.2, 0.25) is 0 Å². The molecule has 1 heterocycles. The summed E-state index contributed by atoms with van der Waals surface area (Å²) in [5.41, 5.74) is 0.410. The van der Waals surface area contributed by atoms with Crippen molar-refractivity contribution in [3.63, 3.8) is 0 Å². The lowest BCUT2D eigenvalue weighted by Crippen LogP contribution is -2.32. The Kier molecular flexibility index (Phi) is 4.92. The van der Waals surface area contributed by atoms with Crippen molar-refractivity contribution in [1.29, 1.82) is 0 Å². The number of ether oxygens (including phenoxy) is 3. The third-order valence-corrected chi connectivity index (χ3v) is 4.21. The minimum Gasteiger partial charge on any atom is -0.493 e. The van der Waals surface area contributed by atoms with Crippen LogP contribution in [0.25, 0.3) is 0 Å². The molecule has 1 aliphatic heterocycles. The highest BCUT2D eigenvalue weighted by Gasteiger charge is 2.28. The number of amides is 1. The van der Waals surface area contributed by atoms with E-state index in [-0.39, 0.29) is 28.8 Å². The molecule has 136 valence electrons. The number of nitrogens with one attached hydrogen (secondary N) is 1. The van der Waals surface area contributed by atoms with E-state index in [9.17, 15) is 14.9 Å². The molecule has 3 rings (SSSR count). The van der Waals surface area contributed by atoms with Gasteiger partial charge in [-0.3, -0.25) is 14.9 Å². The molecule has 2 aromatic rings. The van der Waals surface area contributed by atoms with Crippen LogP contribution in [-0.4, -0.2) is 31.7 Å². The second-order valence-electron chi connectivity index (χ2n) is 5.68. The monoisotopic (exact) mass is 358 g/mol. The quantitative estimate of drug-likeness (QED) is 0.652. The maximum absolute atomic E-state index is 12.8. The van der Waals surface area contributed by atoms with Crippen LogP contribution in [0.3, 0.4) is 0 Å². The van der Waals surface area contributed by atoms with Gasteiger partial charge in [-0.1, -0.05) is 18.2 Å². The summed E-state index contributed by atoms with van der Waals surface area (Å²) in [6.45, 7) is 0.454. The Morgan fingerprint density at radius 1 is 1.23 bits per heavy atom. The number of carbonyl (C=O) groups excluding carboxylic acids is 1. The lowest BCUT2D eigenvalue weighted by atomic mass is 10.00. The molecule has 2 aromatic carbocycles. The number of carbonyl (C=O) groups is 1. The molecular formula is C18H18N2O6. The van der Waals surface area contributed by atoms with Gasteiger partial charge in [0.05, 0.1) is 37.9 Å². The standard InChI is InChI=1S/C18H18N2O6/c1-24-16-9-12(14(20(22)23)10-17(16)25-2)18(21)19-13-7-8-26-15-6-4-3-5-11(13)15/h3-6,9-10,13H,7-8H2,1-2H3,(H,19,21)/t13-/m0/s1. The molecule has 0 fully saturated rings. The largest absolute Gasteiger partial charge is 0.493 e. The van der Waals surface area contributed by atoms with Crippen LogP contribution in [0.4, 0.5) is 5.69 Å². The average molecular weight is 358 g/mol. The third kappa shape index (κ3) is 3.26. The Hall–Kier alpha value is -3.29. The number of methoxy groups -OCH3 is 2. The SMILES string of the molecule is COc1cc(C(=O)N[C@H]2CCOc3ccccc32)c([N+](=O)[O-])cc1OC. The summed E-state index contributed by atoms with van der Waals surface area (Å²) >= 11 is 0. The van der Waals surface area contributed by atoms with Crippen molar-refractivity contribution < 1.29 is 23.9 Å². The van der Waals surface area contributed by atoms with Crippen LogP contribution in [0.2, 0.25) is 0 Å². The smallest absolute Gasteiger partial charge is 0.286 e. The van der Waals surface area contributed by atoms with Crippen molar-refractivity contribution in [2.45, 2.75) is 12.5 Å². The fourth-order valence-corrected chi connectivity index (χ4v) is 2.93. The first-order chi connectivity index (χ1) is 12.5. The first kappa shape index (κ1) is 17.5. The van der Waals surface area contributed by atoms with Crippen LogP contribution in [0.15, 0.2) is 36.4 Å². The van der Waals surface area contributed by atoms with E-state index < -0.39 is 10.8 Å². The van der Waals surface area contributed by atoms with Gasteiger partial charge in [-0.2, -0.15) is 0 Å². The van der Waals surface area contributed by atoms with Crippen LogP contribution in [0, 0.1) is 10.1 Å². The highest BCUT2D eigenvalue weighted by Crippen LogP contribution is 2.36. The van der Waals surface area contributed by atoms with Gasteiger partial charge in [0.1, 0.15) is 11.3 Å². The van der Waals surface area contributed by atoms with Crippen LogP contribution >= 0.6 is 0 Å². The number of nitro benzene ring substituents is 1. The molecule has 0 spiro atoms. The second kappa shape index (κ2) is 7.30. The van der Waals surface area contributed by atoms with Crippen LogP contribution in [-0.2, 0) is 0 Å². The van der Waals surface area contributed by atoms with Crippen molar-refractivity contribution in [2.24, 2.45) is 0 Å². The molecule has 8 nitrogen and oxygen atoms in total. The maximum atomic E-state index is 12.8. The molecule has 0 aromatic heterocycles. The minimum atomic E-state index is -0.616. The zero-order valence-corrected chi connectivity index (χ0v) is 14.4. The van der Waals surface area contributed by atoms with E-state index in [2.05, 4.69) is 5.32 Å². The summed E-state index contributed by atoms with van der Waals surface area (Å²) in [4.78, 5) is 23.5. The normalized spacial score (nSPS) is 15.4. The molecule has 1 N–H and O–H groups in total. The van der Waals surface area contributed by atoms with Crippen molar-refractivity contribution >= 4 is 11.6 Å². The first-order valence-electron chi connectivity index (χ1n) is 7.98. The summed E-state index contributed by atoms with van der Waals surface area (Å²) in [6, 6.07) is 9.60. The molecule has 26 heavy (non-hydrogen) atoms. The number of para-hydroxylation sites is 1. The molecule has 0 saturated carbocycles. The zero-order valence-electron chi connectivity index (χ0n) is 14.4. The van der Waals surface area contributed by atoms with E-state index in [0.29, 0.717) is 18.8 Å². The van der Waals surface area contributed by atoms with E-state index in [4.69, 9.17) is 14.2 Å². The molecular weight excluding hydrogens is 340 g/mol. The highest BCUT2D eigenvalue weighted by atomic mass is 16.6. The third-order valence-electron chi connectivity index (χ3n) is 4.21.